The number of amides is 2. The Morgan fingerprint density at radius 3 is 2.62 bits per heavy atom. The van der Waals surface area contributed by atoms with Gasteiger partial charge in [0, 0.05) is 18.3 Å². The Morgan fingerprint density at radius 1 is 1.14 bits per heavy atom. The van der Waals surface area contributed by atoms with Gasteiger partial charge in [-0.05, 0) is 54.7 Å². The summed E-state index contributed by atoms with van der Waals surface area (Å²) in [4.78, 5) is 28.1. The van der Waals surface area contributed by atoms with Gasteiger partial charge in [-0.25, -0.2) is 4.98 Å². The van der Waals surface area contributed by atoms with Gasteiger partial charge in [-0.3, -0.25) is 9.59 Å². The largest absolute Gasteiger partial charge is 0.489 e. The van der Waals surface area contributed by atoms with E-state index in [0.717, 1.165) is 5.56 Å². The molecule has 3 rings (SSSR count). The van der Waals surface area contributed by atoms with Gasteiger partial charge >= 0.3 is 0 Å². The summed E-state index contributed by atoms with van der Waals surface area (Å²) < 4.78 is 5.97. The van der Waals surface area contributed by atoms with E-state index in [1.54, 1.807) is 36.5 Å². The molecule has 1 fully saturated rings. The average Bonchev–Trinajstić information content (AvgIpc) is 2.78. The van der Waals surface area contributed by atoms with Crippen molar-refractivity contribution in [3.63, 3.8) is 0 Å². The third-order valence-corrected chi connectivity index (χ3v) is 5.07. The molecule has 0 bridgehead atoms. The Kier molecular flexibility index (Phi) is 7.39. The van der Waals surface area contributed by atoms with Gasteiger partial charge < -0.3 is 15.4 Å². The Bertz CT molecular complexity index is 843. The van der Waals surface area contributed by atoms with Crippen LogP contribution >= 0.6 is 0 Å². The highest BCUT2D eigenvalue weighted by molar-refractivity contribution is 6.04. The van der Waals surface area contributed by atoms with E-state index in [0.29, 0.717) is 36.2 Å². The van der Waals surface area contributed by atoms with Gasteiger partial charge in [0.25, 0.3) is 5.91 Å². The SMILES string of the molecule is C=CC(=O)NCc1ccc(C(=O)Nc2ncccc2OCC2CCCCC2)cc1. The molecule has 1 aliphatic rings. The molecule has 1 heterocycles. The van der Waals surface area contributed by atoms with Crippen LogP contribution in [0.15, 0.2) is 55.3 Å². The van der Waals surface area contributed by atoms with E-state index in [2.05, 4.69) is 22.2 Å². The quantitative estimate of drug-likeness (QED) is 0.662. The zero-order valence-electron chi connectivity index (χ0n) is 16.5. The number of rotatable bonds is 8. The molecule has 6 nitrogen and oxygen atoms in total. The van der Waals surface area contributed by atoms with Crippen LogP contribution in [0.3, 0.4) is 0 Å². The van der Waals surface area contributed by atoms with Crippen molar-refractivity contribution in [1.82, 2.24) is 10.3 Å². The van der Waals surface area contributed by atoms with Crippen LogP contribution in [0.5, 0.6) is 5.75 Å². The lowest BCUT2D eigenvalue weighted by Gasteiger charge is -2.22. The number of hydrogen-bond acceptors (Lipinski definition) is 4. The number of carbonyl (C=O) groups is 2. The van der Waals surface area contributed by atoms with Crippen LogP contribution < -0.4 is 15.4 Å². The molecule has 6 heteroatoms. The van der Waals surface area contributed by atoms with Gasteiger partial charge in [-0.1, -0.05) is 38.0 Å². The number of hydrogen-bond donors (Lipinski definition) is 2. The number of pyridine rings is 1. The van der Waals surface area contributed by atoms with Crippen molar-refractivity contribution >= 4 is 17.6 Å². The van der Waals surface area contributed by atoms with Crippen molar-refractivity contribution in [1.29, 1.82) is 0 Å². The first kappa shape index (κ1) is 20.6. The van der Waals surface area contributed by atoms with Crippen LogP contribution in [0.2, 0.25) is 0 Å². The Hall–Kier alpha value is -3.15. The number of benzene rings is 1. The summed E-state index contributed by atoms with van der Waals surface area (Å²) in [5.41, 5.74) is 1.40. The number of ether oxygens (including phenoxy) is 1. The van der Waals surface area contributed by atoms with Crippen molar-refractivity contribution in [2.75, 3.05) is 11.9 Å². The molecule has 0 unspecified atom stereocenters. The number of nitrogens with zero attached hydrogens (tertiary/aromatic N) is 1. The lowest BCUT2D eigenvalue weighted by Crippen LogP contribution is -2.20. The highest BCUT2D eigenvalue weighted by Gasteiger charge is 2.16. The summed E-state index contributed by atoms with van der Waals surface area (Å²) in [5, 5.41) is 5.54. The van der Waals surface area contributed by atoms with Gasteiger partial charge in [0.15, 0.2) is 11.6 Å². The van der Waals surface area contributed by atoms with Gasteiger partial charge in [0.1, 0.15) is 0 Å². The molecule has 0 spiro atoms. The maximum absolute atomic E-state index is 12.6. The van der Waals surface area contributed by atoms with Gasteiger partial charge in [-0.2, -0.15) is 0 Å². The lowest BCUT2D eigenvalue weighted by atomic mass is 9.90. The summed E-state index contributed by atoms with van der Waals surface area (Å²) in [6.45, 7) is 4.45. The maximum Gasteiger partial charge on any atom is 0.256 e. The second-order valence-electron chi connectivity index (χ2n) is 7.24. The molecule has 0 atom stereocenters. The molecule has 0 aliphatic heterocycles. The van der Waals surface area contributed by atoms with Crippen LogP contribution in [0, 0.1) is 5.92 Å². The first-order chi connectivity index (χ1) is 14.2. The highest BCUT2D eigenvalue weighted by Crippen LogP contribution is 2.27. The van der Waals surface area contributed by atoms with E-state index in [1.165, 1.54) is 38.2 Å². The number of anilines is 1. The van der Waals surface area contributed by atoms with Gasteiger partial charge in [0.05, 0.1) is 6.61 Å². The molecule has 0 saturated heterocycles. The number of nitrogens with one attached hydrogen (secondary N) is 2. The molecule has 2 N–H and O–H groups in total. The maximum atomic E-state index is 12.6. The van der Waals surface area contributed by atoms with Crippen LogP contribution in [0.1, 0.15) is 48.0 Å². The Morgan fingerprint density at radius 2 is 1.90 bits per heavy atom. The monoisotopic (exact) mass is 393 g/mol. The molecule has 0 radical (unpaired) electrons. The van der Waals surface area contributed by atoms with Crippen molar-refractivity contribution in [2.45, 2.75) is 38.6 Å². The molecular weight excluding hydrogens is 366 g/mol. The predicted octanol–water partition coefficient (Wildman–Crippen LogP) is 4.10. The summed E-state index contributed by atoms with van der Waals surface area (Å²) in [6, 6.07) is 10.7. The molecule has 152 valence electrons. The second kappa shape index (κ2) is 10.4. The fraction of sp³-hybridized carbons (Fsp3) is 0.348. The number of aromatic nitrogens is 1. The summed E-state index contributed by atoms with van der Waals surface area (Å²) in [7, 11) is 0. The summed E-state index contributed by atoms with van der Waals surface area (Å²) >= 11 is 0. The average molecular weight is 393 g/mol. The molecule has 1 aliphatic carbocycles. The molecule has 1 aromatic heterocycles. The summed E-state index contributed by atoms with van der Waals surface area (Å²) in [6.07, 6.45) is 9.08. The molecular formula is C23H27N3O3. The Balaban J connectivity index is 1.58. The zero-order chi connectivity index (χ0) is 20.5. The molecule has 1 saturated carbocycles. The first-order valence-electron chi connectivity index (χ1n) is 10.0. The summed E-state index contributed by atoms with van der Waals surface area (Å²) in [5.74, 6) is 1.10. The molecule has 2 aromatic rings. The fourth-order valence-corrected chi connectivity index (χ4v) is 3.38. The lowest BCUT2D eigenvalue weighted by molar-refractivity contribution is -0.116. The smallest absolute Gasteiger partial charge is 0.256 e. The van der Waals surface area contributed by atoms with E-state index in [-0.39, 0.29) is 11.8 Å². The predicted molar refractivity (Wildman–Crippen MR) is 113 cm³/mol. The minimum Gasteiger partial charge on any atom is -0.489 e. The second-order valence-corrected chi connectivity index (χ2v) is 7.24. The standard InChI is InChI=1S/C23H27N3O3/c1-2-21(27)25-15-17-10-12-19(13-11-17)23(28)26-22-20(9-6-14-24-22)29-16-18-7-4-3-5-8-18/h2,6,9-14,18H,1,3-5,7-8,15-16H2,(H,25,27)(H,24,26,28). The highest BCUT2D eigenvalue weighted by atomic mass is 16.5. The number of carbonyl (C=O) groups excluding carboxylic acids is 2. The van der Waals surface area contributed by atoms with E-state index >= 15 is 0 Å². The van der Waals surface area contributed by atoms with Gasteiger partial charge in [0.2, 0.25) is 5.91 Å². The minimum absolute atomic E-state index is 0.234. The molecule has 2 amide bonds. The molecule has 29 heavy (non-hydrogen) atoms. The van der Waals surface area contributed by atoms with Crippen molar-refractivity contribution in [3.05, 3.63) is 66.4 Å². The van der Waals surface area contributed by atoms with Gasteiger partial charge in [-0.15, -0.1) is 0 Å². The van der Waals surface area contributed by atoms with Crippen molar-refractivity contribution in [3.8, 4) is 5.75 Å². The topological polar surface area (TPSA) is 80.3 Å². The van der Waals surface area contributed by atoms with Crippen molar-refractivity contribution in [2.24, 2.45) is 5.92 Å². The molecule has 1 aromatic carbocycles. The van der Waals surface area contributed by atoms with Crippen LogP contribution in [0.25, 0.3) is 0 Å². The van der Waals surface area contributed by atoms with E-state index < -0.39 is 0 Å². The van der Waals surface area contributed by atoms with Crippen LogP contribution in [-0.4, -0.2) is 23.4 Å². The third kappa shape index (κ3) is 6.17. The normalized spacial score (nSPS) is 14.1. The van der Waals surface area contributed by atoms with Crippen molar-refractivity contribution < 1.29 is 14.3 Å². The minimum atomic E-state index is -0.257. The zero-order valence-corrected chi connectivity index (χ0v) is 16.5. The Labute approximate surface area is 171 Å². The fourth-order valence-electron chi connectivity index (χ4n) is 3.38. The van der Waals surface area contributed by atoms with E-state index in [4.69, 9.17) is 4.74 Å². The van der Waals surface area contributed by atoms with Crippen LogP contribution in [-0.2, 0) is 11.3 Å². The van der Waals surface area contributed by atoms with Crippen LogP contribution in [0.4, 0.5) is 5.82 Å². The first-order valence-corrected chi connectivity index (χ1v) is 10.0. The van der Waals surface area contributed by atoms with E-state index in [9.17, 15) is 9.59 Å². The third-order valence-electron chi connectivity index (χ3n) is 5.07. The van der Waals surface area contributed by atoms with E-state index in [1.807, 2.05) is 6.07 Å².